The average molecular weight is 569 g/mol. The third-order valence-electron chi connectivity index (χ3n) is 10.5. The lowest BCUT2D eigenvalue weighted by Crippen LogP contribution is -2.75. The van der Waals surface area contributed by atoms with Gasteiger partial charge in [-0.3, -0.25) is 0 Å². The third kappa shape index (κ3) is 3.49. The van der Waals surface area contributed by atoms with E-state index in [4.69, 9.17) is 28.1 Å². The molecule has 0 bridgehead atoms. The van der Waals surface area contributed by atoms with E-state index in [-0.39, 0.29) is 19.3 Å². The molecule has 222 valence electrons. The fourth-order valence-corrected chi connectivity index (χ4v) is 8.14. The number of aliphatic hydroxyl groups excluding tert-OH is 4. The van der Waals surface area contributed by atoms with E-state index in [0.717, 1.165) is 0 Å². The standard InChI is InChI=1S/C27H36O13/c1-24-5-6-26(34)22(32)39-14(12-4-7-36-11-12)9-25(26,2)16(24)8-13-20(37-13)27(24,23(33)35-3)40-21-19(31)18(30)17(29)15(10-28)38-21/h4,7,11,13-21,28-31,34H,5-6,8-10H2,1-3H3/t13-,14-,15+,16+,17+,18-,19+,20-,21-,24+,25-,26-,27-/m0/s1. The highest BCUT2D eigenvalue weighted by atomic mass is 16.7. The summed E-state index contributed by atoms with van der Waals surface area (Å²) in [7, 11) is 1.19. The Bertz CT molecular complexity index is 1160. The molecule has 0 unspecified atom stereocenters. The van der Waals surface area contributed by atoms with E-state index in [0.29, 0.717) is 12.0 Å². The van der Waals surface area contributed by atoms with Crippen molar-refractivity contribution < 1.29 is 63.2 Å². The van der Waals surface area contributed by atoms with Crippen LogP contribution in [-0.4, -0.2) is 105 Å². The van der Waals surface area contributed by atoms with Crippen LogP contribution in [0.3, 0.4) is 0 Å². The van der Waals surface area contributed by atoms with Crippen molar-refractivity contribution in [3.05, 3.63) is 24.2 Å². The van der Waals surface area contributed by atoms with Crippen LogP contribution in [0.5, 0.6) is 0 Å². The maximum Gasteiger partial charge on any atom is 0.341 e. The summed E-state index contributed by atoms with van der Waals surface area (Å²) >= 11 is 0. The van der Waals surface area contributed by atoms with E-state index >= 15 is 0 Å². The molecule has 13 heteroatoms. The van der Waals surface area contributed by atoms with Crippen molar-refractivity contribution in [1.82, 2.24) is 0 Å². The Kier molecular flexibility index (Phi) is 6.45. The number of esters is 2. The van der Waals surface area contributed by atoms with Gasteiger partial charge in [0, 0.05) is 16.4 Å². The lowest BCUT2D eigenvalue weighted by atomic mass is 9.41. The largest absolute Gasteiger partial charge is 0.472 e. The Morgan fingerprint density at radius 1 is 1.10 bits per heavy atom. The number of cyclic esters (lactones) is 1. The monoisotopic (exact) mass is 568 g/mol. The Labute approximate surface area is 229 Å². The molecule has 0 aromatic carbocycles. The van der Waals surface area contributed by atoms with Gasteiger partial charge in [0.1, 0.15) is 36.6 Å². The van der Waals surface area contributed by atoms with Gasteiger partial charge in [-0.05, 0) is 37.7 Å². The first-order chi connectivity index (χ1) is 18.9. The minimum atomic E-state index is -1.89. The van der Waals surface area contributed by atoms with E-state index in [1.807, 2.05) is 6.92 Å². The molecule has 3 saturated heterocycles. The van der Waals surface area contributed by atoms with Gasteiger partial charge < -0.3 is 53.6 Å². The van der Waals surface area contributed by atoms with E-state index in [1.165, 1.54) is 19.6 Å². The number of fused-ring (bicyclic) bond motifs is 4. The third-order valence-corrected chi connectivity index (χ3v) is 10.5. The fourth-order valence-electron chi connectivity index (χ4n) is 8.14. The number of epoxide rings is 1. The number of aliphatic hydroxyl groups is 5. The number of furan rings is 1. The highest BCUT2D eigenvalue weighted by Gasteiger charge is 2.81. The van der Waals surface area contributed by atoms with Crippen molar-refractivity contribution in [3.8, 4) is 0 Å². The summed E-state index contributed by atoms with van der Waals surface area (Å²) in [6, 6.07) is 1.69. The quantitative estimate of drug-likeness (QED) is 0.221. The minimum absolute atomic E-state index is 0.0540. The molecule has 5 N–H and O–H groups in total. The van der Waals surface area contributed by atoms with E-state index in [2.05, 4.69) is 0 Å². The maximum absolute atomic E-state index is 13.8. The fraction of sp³-hybridized carbons (Fsp3) is 0.778. The van der Waals surface area contributed by atoms with E-state index in [1.54, 1.807) is 13.0 Å². The molecule has 5 fully saturated rings. The van der Waals surface area contributed by atoms with Crippen LogP contribution in [0.4, 0.5) is 0 Å². The first kappa shape index (κ1) is 28.0. The molecule has 3 aliphatic heterocycles. The Balaban J connectivity index is 1.44. The number of rotatable bonds is 5. The molecule has 4 heterocycles. The van der Waals surface area contributed by atoms with Crippen LogP contribution in [0.1, 0.15) is 51.2 Å². The van der Waals surface area contributed by atoms with Gasteiger partial charge in [-0.15, -0.1) is 0 Å². The van der Waals surface area contributed by atoms with Crippen molar-refractivity contribution in [3.63, 3.8) is 0 Å². The summed E-state index contributed by atoms with van der Waals surface area (Å²) in [4.78, 5) is 27.2. The van der Waals surface area contributed by atoms with Crippen LogP contribution in [0, 0.1) is 16.7 Å². The lowest BCUT2D eigenvalue weighted by molar-refractivity contribution is -0.354. The summed E-state index contributed by atoms with van der Waals surface area (Å²) in [5, 5.41) is 53.1. The van der Waals surface area contributed by atoms with E-state index in [9.17, 15) is 35.1 Å². The molecule has 2 aliphatic carbocycles. The van der Waals surface area contributed by atoms with Gasteiger partial charge >= 0.3 is 11.9 Å². The molecule has 0 radical (unpaired) electrons. The predicted molar refractivity (Wildman–Crippen MR) is 129 cm³/mol. The van der Waals surface area contributed by atoms with Crippen LogP contribution in [-0.2, 0) is 33.3 Å². The molecule has 13 atom stereocenters. The van der Waals surface area contributed by atoms with Gasteiger partial charge in [0.05, 0.1) is 32.3 Å². The highest BCUT2D eigenvalue weighted by Crippen LogP contribution is 2.71. The number of hydrogen-bond acceptors (Lipinski definition) is 13. The summed E-state index contributed by atoms with van der Waals surface area (Å²) in [5.41, 5.74) is -5.36. The van der Waals surface area contributed by atoms with Crippen molar-refractivity contribution in [2.45, 2.75) is 99.8 Å². The molecule has 0 amide bonds. The van der Waals surface area contributed by atoms with Gasteiger partial charge in [-0.2, -0.15) is 0 Å². The molecular weight excluding hydrogens is 532 g/mol. The smallest absolute Gasteiger partial charge is 0.341 e. The molecule has 1 aromatic rings. The highest BCUT2D eigenvalue weighted by molar-refractivity contribution is 5.85. The Morgan fingerprint density at radius 3 is 2.50 bits per heavy atom. The second-order valence-electron chi connectivity index (χ2n) is 12.3. The first-order valence-electron chi connectivity index (χ1n) is 13.6. The van der Waals surface area contributed by atoms with E-state index < -0.39 is 95.5 Å². The van der Waals surface area contributed by atoms with Gasteiger partial charge in [-0.1, -0.05) is 13.8 Å². The van der Waals surface area contributed by atoms with Gasteiger partial charge in [0.15, 0.2) is 11.9 Å². The molecule has 13 nitrogen and oxygen atoms in total. The SMILES string of the molecule is COC(=O)[C@@]1(O[C@@H]2O[C@H](CO)[C@@H](O)[C@H](O)[C@H]2O)[C@H]2O[C@H]2C[C@H]2[C@]3(C)C[C@@H](c4ccoc4)OC(=O)[C@@]3(O)CC[C@]21C. The van der Waals surface area contributed by atoms with Crippen molar-refractivity contribution in [2.24, 2.45) is 16.7 Å². The summed E-state index contributed by atoms with van der Waals surface area (Å²) < 4.78 is 34.2. The van der Waals surface area contributed by atoms with Crippen LogP contribution >= 0.6 is 0 Å². The Hall–Kier alpha value is -2.10. The lowest BCUT2D eigenvalue weighted by Gasteiger charge is -2.65. The summed E-state index contributed by atoms with van der Waals surface area (Å²) in [6.07, 6.45) is -6.37. The topological polar surface area (TPSA) is 198 Å². The maximum atomic E-state index is 13.8. The Morgan fingerprint density at radius 2 is 1.85 bits per heavy atom. The molecule has 6 rings (SSSR count). The predicted octanol–water partition coefficient (Wildman–Crippen LogP) is -0.679. The number of methoxy groups -OCH3 is 1. The van der Waals surface area contributed by atoms with Crippen molar-refractivity contribution in [2.75, 3.05) is 13.7 Å². The van der Waals surface area contributed by atoms with Crippen molar-refractivity contribution in [1.29, 1.82) is 0 Å². The second kappa shape index (κ2) is 9.20. The van der Waals surface area contributed by atoms with Gasteiger partial charge in [0.2, 0.25) is 5.60 Å². The molecule has 0 spiro atoms. The number of ether oxygens (including phenoxy) is 5. The summed E-state index contributed by atoms with van der Waals surface area (Å²) in [6.45, 7) is 2.94. The number of carbonyl (C=O) groups is 2. The van der Waals surface area contributed by atoms with Crippen LogP contribution in [0.2, 0.25) is 0 Å². The average Bonchev–Trinajstić information content (AvgIpc) is 3.50. The normalized spacial score (nSPS) is 51.6. The number of carbonyl (C=O) groups excluding carboxylic acids is 2. The molecule has 40 heavy (non-hydrogen) atoms. The van der Waals surface area contributed by atoms with Gasteiger partial charge in [0.25, 0.3) is 0 Å². The van der Waals surface area contributed by atoms with Crippen molar-refractivity contribution >= 4 is 11.9 Å². The van der Waals surface area contributed by atoms with Gasteiger partial charge in [-0.25, -0.2) is 9.59 Å². The molecule has 1 aromatic heterocycles. The number of hydrogen-bond donors (Lipinski definition) is 5. The van der Waals surface area contributed by atoms with Crippen LogP contribution in [0.25, 0.3) is 0 Å². The summed E-state index contributed by atoms with van der Waals surface area (Å²) in [5.74, 6) is -2.11. The second-order valence-corrected chi connectivity index (χ2v) is 12.3. The molecule has 5 aliphatic rings. The molecule has 2 saturated carbocycles. The zero-order valence-electron chi connectivity index (χ0n) is 22.5. The zero-order valence-corrected chi connectivity index (χ0v) is 22.5. The first-order valence-corrected chi connectivity index (χ1v) is 13.6. The minimum Gasteiger partial charge on any atom is -0.472 e. The van der Waals surface area contributed by atoms with Crippen LogP contribution in [0.15, 0.2) is 23.0 Å². The molecular formula is C27H36O13. The zero-order chi connectivity index (χ0) is 28.8. The van der Waals surface area contributed by atoms with Crippen LogP contribution < -0.4 is 0 Å².